The number of ether oxygens (including phenoxy) is 2. The Morgan fingerprint density at radius 2 is 1.79 bits per heavy atom. The second-order valence-corrected chi connectivity index (χ2v) is 7.84. The molecule has 0 saturated carbocycles. The normalized spacial score (nSPS) is 13.5. The molecule has 2 heterocycles. The van der Waals surface area contributed by atoms with E-state index in [4.69, 9.17) is 9.47 Å². The van der Waals surface area contributed by atoms with Crippen molar-refractivity contribution >= 4 is 32.7 Å². The summed E-state index contributed by atoms with van der Waals surface area (Å²) in [5, 5.41) is 1.13. The molecule has 0 aliphatic carbocycles. The van der Waals surface area contributed by atoms with Crippen molar-refractivity contribution in [3.63, 3.8) is 0 Å². The topological polar surface area (TPSA) is 43.7 Å². The maximum absolute atomic E-state index is 13.1. The Kier molecular flexibility index (Phi) is 5.06. The zero-order valence-corrected chi connectivity index (χ0v) is 17.9. The molecule has 2 aromatic carbocycles. The molecule has 5 nitrogen and oxygen atoms in total. The Balaban J connectivity index is 1.59. The van der Waals surface area contributed by atoms with E-state index in [0.717, 1.165) is 38.8 Å². The molecule has 0 fully saturated rings. The Morgan fingerprint density at radius 1 is 1.11 bits per heavy atom. The molecule has 4 rings (SSSR count). The molecular formula is C22H23BrN2O3. The minimum absolute atomic E-state index is 0.122. The smallest absolute Gasteiger partial charge is 0.242 e. The van der Waals surface area contributed by atoms with Crippen molar-refractivity contribution in [1.29, 1.82) is 0 Å². The zero-order chi connectivity index (χ0) is 19.8. The second-order valence-electron chi connectivity index (χ2n) is 7.04. The summed E-state index contributed by atoms with van der Waals surface area (Å²) in [6, 6.07) is 12.2. The third kappa shape index (κ3) is 3.15. The summed E-state index contributed by atoms with van der Waals surface area (Å²) in [5.41, 5.74) is 4.47. The average molecular weight is 443 g/mol. The van der Waals surface area contributed by atoms with E-state index in [1.165, 1.54) is 5.56 Å². The van der Waals surface area contributed by atoms with Crippen LogP contribution in [0.4, 0.5) is 0 Å². The fourth-order valence-electron chi connectivity index (χ4n) is 3.92. The van der Waals surface area contributed by atoms with E-state index in [9.17, 15) is 4.79 Å². The third-order valence-electron chi connectivity index (χ3n) is 5.52. The zero-order valence-electron chi connectivity index (χ0n) is 16.3. The number of carbonyl (C=O) groups is 1. The number of aromatic nitrogens is 1. The van der Waals surface area contributed by atoms with Crippen molar-refractivity contribution in [3.8, 4) is 11.5 Å². The van der Waals surface area contributed by atoms with Crippen LogP contribution in [-0.2, 0) is 24.3 Å². The van der Waals surface area contributed by atoms with Gasteiger partial charge < -0.3 is 18.9 Å². The van der Waals surface area contributed by atoms with Crippen molar-refractivity contribution in [2.75, 3.05) is 20.8 Å². The van der Waals surface area contributed by atoms with Crippen LogP contribution in [0.3, 0.4) is 0 Å². The molecule has 146 valence electrons. The highest BCUT2D eigenvalue weighted by molar-refractivity contribution is 9.10. The van der Waals surface area contributed by atoms with Crippen LogP contribution < -0.4 is 9.47 Å². The first-order valence-electron chi connectivity index (χ1n) is 9.28. The Morgan fingerprint density at radius 3 is 2.50 bits per heavy atom. The van der Waals surface area contributed by atoms with Crippen LogP contribution in [0.5, 0.6) is 11.5 Å². The van der Waals surface area contributed by atoms with Gasteiger partial charge in [-0.3, -0.25) is 4.79 Å². The molecule has 0 unspecified atom stereocenters. The fraction of sp³-hybridized carbons (Fsp3) is 0.318. The number of benzene rings is 2. The highest BCUT2D eigenvalue weighted by Gasteiger charge is 2.24. The second kappa shape index (κ2) is 7.51. The summed E-state index contributed by atoms with van der Waals surface area (Å²) in [5.74, 6) is 1.56. The highest BCUT2D eigenvalue weighted by Crippen LogP contribution is 2.34. The largest absolute Gasteiger partial charge is 0.493 e. The molecule has 28 heavy (non-hydrogen) atoms. The maximum atomic E-state index is 13.1. The van der Waals surface area contributed by atoms with Gasteiger partial charge in [-0.05, 0) is 58.6 Å². The highest BCUT2D eigenvalue weighted by atomic mass is 79.9. The van der Waals surface area contributed by atoms with Gasteiger partial charge in [-0.15, -0.1) is 0 Å². The summed E-state index contributed by atoms with van der Waals surface area (Å²) < 4.78 is 14.0. The fourth-order valence-corrected chi connectivity index (χ4v) is 4.47. The van der Waals surface area contributed by atoms with Gasteiger partial charge in [0.05, 0.1) is 14.2 Å². The lowest BCUT2D eigenvalue weighted by Crippen LogP contribution is -2.38. The molecule has 3 aromatic rings. The van der Waals surface area contributed by atoms with E-state index in [2.05, 4.69) is 32.6 Å². The number of halogens is 1. The lowest BCUT2D eigenvalue weighted by atomic mass is 9.98. The minimum Gasteiger partial charge on any atom is -0.493 e. The van der Waals surface area contributed by atoms with Gasteiger partial charge in [-0.1, -0.05) is 18.2 Å². The monoisotopic (exact) mass is 442 g/mol. The van der Waals surface area contributed by atoms with Gasteiger partial charge in [0.2, 0.25) is 5.91 Å². The number of hydrogen-bond donors (Lipinski definition) is 0. The maximum Gasteiger partial charge on any atom is 0.242 e. The number of hydrogen-bond acceptors (Lipinski definition) is 3. The van der Waals surface area contributed by atoms with Crippen LogP contribution in [0.2, 0.25) is 0 Å². The number of carbonyl (C=O) groups excluding carboxylic acids is 1. The predicted octanol–water partition coefficient (Wildman–Crippen LogP) is 4.31. The minimum atomic E-state index is 0.122. The summed E-state index contributed by atoms with van der Waals surface area (Å²) in [6.07, 6.45) is 0.816. The van der Waals surface area contributed by atoms with Crippen molar-refractivity contribution in [2.24, 2.45) is 0 Å². The molecule has 1 amide bonds. The van der Waals surface area contributed by atoms with Gasteiger partial charge in [0.1, 0.15) is 6.54 Å². The van der Waals surface area contributed by atoms with Crippen molar-refractivity contribution in [2.45, 2.75) is 26.4 Å². The number of amides is 1. The number of methoxy groups -OCH3 is 2. The number of para-hydroxylation sites is 1. The van der Waals surface area contributed by atoms with E-state index in [0.29, 0.717) is 25.4 Å². The molecule has 0 N–H and O–H groups in total. The van der Waals surface area contributed by atoms with Crippen LogP contribution in [0.15, 0.2) is 40.9 Å². The Bertz CT molecular complexity index is 1060. The van der Waals surface area contributed by atoms with E-state index in [1.807, 2.05) is 36.1 Å². The lowest BCUT2D eigenvalue weighted by Gasteiger charge is -2.30. The molecule has 0 radical (unpaired) electrons. The molecule has 6 heteroatoms. The van der Waals surface area contributed by atoms with Crippen LogP contribution in [-0.4, -0.2) is 36.1 Å². The first-order valence-corrected chi connectivity index (χ1v) is 10.1. The average Bonchev–Trinajstić information content (AvgIpc) is 2.97. The van der Waals surface area contributed by atoms with E-state index in [-0.39, 0.29) is 5.91 Å². The molecule has 1 aliphatic rings. The first kappa shape index (κ1) is 18.9. The summed E-state index contributed by atoms with van der Waals surface area (Å²) in [4.78, 5) is 15.0. The summed E-state index contributed by atoms with van der Waals surface area (Å²) in [7, 11) is 3.28. The number of fused-ring (bicyclic) bond motifs is 2. The van der Waals surface area contributed by atoms with Crippen molar-refractivity contribution in [1.82, 2.24) is 9.47 Å². The van der Waals surface area contributed by atoms with E-state index < -0.39 is 0 Å². The van der Waals surface area contributed by atoms with Crippen LogP contribution >= 0.6 is 15.9 Å². The van der Waals surface area contributed by atoms with Gasteiger partial charge in [-0.2, -0.15) is 0 Å². The number of rotatable bonds is 4. The SMILES string of the molecule is COc1cc2c(cc1OC)CN(C(=O)Cn1c(C)c(Br)c3ccccc31)CC2. The van der Waals surface area contributed by atoms with Crippen LogP contribution in [0, 0.1) is 6.92 Å². The van der Waals surface area contributed by atoms with Gasteiger partial charge in [0.25, 0.3) is 0 Å². The summed E-state index contributed by atoms with van der Waals surface area (Å²) in [6.45, 7) is 3.68. The van der Waals surface area contributed by atoms with E-state index >= 15 is 0 Å². The molecular weight excluding hydrogens is 420 g/mol. The molecule has 0 atom stereocenters. The van der Waals surface area contributed by atoms with Gasteiger partial charge in [0, 0.05) is 34.2 Å². The molecule has 0 bridgehead atoms. The van der Waals surface area contributed by atoms with Crippen molar-refractivity contribution in [3.05, 3.63) is 57.7 Å². The third-order valence-corrected chi connectivity index (χ3v) is 6.52. The Hall–Kier alpha value is -2.47. The molecule has 1 aromatic heterocycles. The lowest BCUT2D eigenvalue weighted by molar-refractivity contribution is -0.132. The Labute approximate surface area is 173 Å². The predicted molar refractivity (Wildman–Crippen MR) is 113 cm³/mol. The van der Waals surface area contributed by atoms with E-state index in [1.54, 1.807) is 14.2 Å². The number of nitrogens with zero attached hydrogens (tertiary/aromatic N) is 2. The van der Waals surface area contributed by atoms with Crippen molar-refractivity contribution < 1.29 is 14.3 Å². The molecule has 0 spiro atoms. The van der Waals surface area contributed by atoms with Crippen LogP contribution in [0.25, 0.3) is 10.9 Å². The standard InChI is InChI=1S/C22H23BrN2O3/c1-14-22(23)17-6-4-5-7-18(17)25(14)13-21(26)24-9-8-15-10-19(27-2)20(28-3)11-16(15)12-24/h4-7,10-11H,8-9,12-13H2,1-3H3. The van der Waals surface area contributed by atoms with Gasteiger partial charge in [-0.25, -0.2) is 0 Å². The molecule has 1 aliphatic heterocycles. The quantitative estimate of drug-likeness (QED) is 0.604. The van der Waals surface area contributed by atoms with Crippen LogP contribution in [0.1, 0.15) is 16.8 Å². The van der Waals surface area contributed by atoms with Gasteiger partial charge in [0.15, 0.2) is 11.5 Å². The summed E-state index contributed by atoms with van der Waals surface area (Å²) >= 11 is 3.67. The van der Waals surface area contributed by atoms with Gasteiger partial charge >= 0.3 is 0 Å². The molecule has 0 saturated heterocycles. The first-order chi connectivity index (χ1) is 13.5.